The number of fused-ring (bicyclic) bond motifs is 3. The van der Waals surface area contributed by atoms with Gasteiger partial charge in [0.15, 0.2) is 5.78 Å². The Balaban J connectivity index is 0.00000120. The third-order valence-corrected chi connectivity index (χ3v) is 4.70. The molecule has 2 aromatic rings. The van der Waals surface area contributed by atoms with E-state index in [9.17, 15) is 4.79 Å². The molecule has 0 spiro atoms. The molecule has 2 N–H and O–H groups in total. The smallest absolute Gasteiger partial charge is 0.171 e. The zero-order chi connectivity index (χ0) is 12.0. The Bertz CT molecular complexity index is 608. The van der Waals surface area contributed by atoms with Crippen LogP contribution in [0.25, 0.3) is 10.9 Å². The number of ketones is 1. The van der Waals surface area contributed by atoms with Crippen molar-refractivity contribution in [3.8, 4) is 0 Å². The second-order valence-electron chi connectivity index (χ2n) is 4.36. The molecule has 0 radical (unpaired) electrons. The second-order valence-corrected chi connectivity index (χ2v) is 5.37. The minimum atomic E-state index is -0.0293. The molecule has 0 fully saturated rings. The molecule has 1 aliphatic rings. The lowest BCUT2D eigenvalue weighted by Gasteiger charge is -2.19. The minimum absolute atomic E-state index is 0. The Labute approximate surface area is 116 Å². The van der Waals surface area contributed by atoms with Crippen molar-refractivity contribution in [3.63, 3.8) is 0 Å². The number of carbonyl (C=O) groups is 1. The molecule has 96 valence electrons. The van der Waals surface area contributed by atoms with E-state index in [1.54, 1.807) is 11.8 Å². The van der Waals surface area contributed by atoms with Crippen LogP contribution in [0.4, 0.5) is 0 Å². The predicted molar refractivity (Wildman–Crippen MR) is 77.8 cm³/mol. The SMILES string of the molecule is Cl.Cn1c2c(c3ccccc31)C(=O)C(CN)CS2. The van der Waals surface area contributed by atoms with Gasteiger partial charge >= 0.3 is 0 Å². The summed E-state index contributed by atoms with van der Waals surface area (Å²) in [5.74, 6) is 0.975. The van der Waals surface area contributed by atoms with Crippen molar-refractivity contribution in [1.29, 1.82) is 0 Å². The summed E-state index contributed by atoms with van der Waals surface area (Å²) in [6, 6.07) is 8.06. The van der Waals surface area contributed by atoms with Crippen LogP contribution in [-0.4, -0.2) is 22.6 Å². The standard InChI is InChI=1S/C13H14N2OS.ClH/c1-15-10-5-3-2-4-9(10)11-12(16)8(6-14)7-17-13(11)15;/h2-5,8H,6-7,14H2,1H3;1H. The molecular formula is C13H15ClN2OS. The lowest BCUT2D eigenvalue weighted by molar-refractivity contribution is 0.0932. The number of aryl methyl sites for hydroxylation is 1. The maximum atomic E-state index is 12.4. The molecule has 1 atom stereocenters. The van der Waals surface area contributed by atoms with Gasteiger partial charge in [-0.1, -0.05) is 18.2 Å². The number of thioether (sulfide) groups is 1. The Kier molecular flexibility index (Phi) is 3.71. The zero-order valence-electron chi connectivity index (χ0n) is 10.1. The molecule has 0 amide bonds. The van der Waals surface area contributed by atoms with Crippen molar-refractivity contribution in [2.45, 2.75) is 5.03 Å². The molecule has 1 aromatic carbocycles. The van der Waals surface area contributed by atoms with Crippen LogP contribution in [0.2, 0.25) is 0 Å². The van der Waals surface area contributed by atoms with Crippen LogP contribution in [0.5, 0.6) is 0 Å². The fourth-order valence-corrected chi connectivity index (χ4v) is 3.70. The van der Waals surface area contributed by atoms with E-state index in [0.717, 1.165) is 27.2 Å². The van der Waals surface area contributed by atoms with Crippen molar-refractivity contribution in [2.24, 2.45) is 18.7 Å². The predicted octanol–water partition coefficient (Wildman–Crippen LogP) is 2.46. The molecule has 0 saturated carbocycles. The summed E-state index contributed by atoms with van der Waals surface area (Å²) in [5.41, 5.74) is 7.65. The number of aromatic nitrogens is 1. The topological polar surface area (TPSA) is 48.0 Å². The van der Waals surface area contributed by atoms with Gasteiger partial charge in [-0.2, -0.15) is 0 Å². The van der Waals surface area contributed by atoms with E-state index in [1.165, 1.54) is 0 Å². The second kappa shape index (κ2) is 4.96. The van der Waals surface area contributed by atoms with Gasteiger partial charge in [0.2, 0.25) is 0 Å². The molecular weight excluding hydrogens is 268 g/mol. The summed E-state index contributed by atoms with van der Waals surface area (Å²) in [7, 11) is 2.02. The summed E-state index contributed by atoms with van der Waals surface area (Å²) in [6.07, 6.45) is 0. The molecule has 3 nitrogen and oxygen atoms in total. The first kappa shape index (κ1) is 13.5. The molecule has 2 heterocycles. The highest BCUT2D eigenvalue weighted by Crippen LogP contribution is 2.38. The lowest BCUT2D eigenvalue weighted by Crippen LogP contribution is -2.29. The number of halogens is 1. The molecule has 0 aliphatic carbocycles. The molecule has 1 aliphatic heterocycles. The maximum Gasteiger partial charge on any atom is 0.171 e. The van der Waals surface area contributed by atoms with Crippen LogP contribution in [0.1, 0.15) is 10.4 Å². The van der Waals surface area contributed by atoms with Crippen molar-refractivity contribution in [3.05, 3.63) is 29.8 Å². The van der Waals surface area contributed by atoms with Crippen LogP contribution in [0.15, 0.2) is 29.3 Å². The molecule has 1 aromatic heterocycles. The Morgan fingerprint density at radius 1 is 1.44 bits per heavy atom. The fraction of sp³-hybridized carbons (Fsp3) is 0.308. The number of para-hydroxylation sites is 1. The number of nitrogens with two attached hydrogens (primary N) is 1. The molecule has 0 bridgehead atoms. The van der Waals surface area contributed by atoms with E-state index in [2.05, 4.69) is 10.6 Å². The third-order valence-electron chi connectivity index (χ3n) is 3.38. The number of carbonyl (C=O) groups excluding carboxylic acids is 1. The van der Waals surface area contributed by atoms with Crippen molar-refractivity contribution in [1.82, 2.24) is 4.57 Å². The largest absolute Gasteiger partial charge is 0.338 e. The van der Waals surface area contributed by atoms with Gasteiger partial charge in [-0.05, 0) is 6.07 Å². The van der Waals surface area contributed by atoms with Crippen LogP contribution < -0.4 is 5.73 Å². The summed E-state index contributed by atoms with van der Waals surface area (Å²) in [5, 5.41) is 2.14. The monoisotopic (exact) mass is 282 g/mol. The average molecular weight is 283 g/mol. The van der Waals surface area contributed by atoms with Crippen LogP contribution in [-0.2, 0) is 7.05 Å². The van der Waals surface area contributed by atoms with Crippen molar-refractivity contribution < 1.29 is 4.79 Å². The first-order valence-corrected chi connectivity index (χ1v) is 6.67. The molecule has 0 saturated heterocycles. The van der Waals surface area contributed by atoms with E-state index in [-0.39, 0.29) is 24.1 Å². The molecule has 5 heteroatoms. The number of rotatable bonds is 1. The first-order chi connectivity index (χ1) is 8.24. The third kappa shape index (κ3) is 1.76. The number of nitrogens with zero attached hydrogens (tertiary/aromatic N) is 1. The van der Waals surface area contributed by atoms with E-state index in [0.29, 0.717) is 6.54 Å². The number of Topliss-reactive ketones (excluding diaryl/α,β-unsaturated/α-hetero) is 1. The fourth-order valence-electron chi connectivity index (χ4n) is 2.41. The lowest BCUT2D eigenvalue weighted by atomic mass is 9.98. The van der Waals surface area contributed by atoms with E-state index < -0.39 is 0 Å². The van der Waals surface area contributed by atoms with Gasteiger partial charge in [0.1, 0.15) is 0 Å². The quantitative estimate of drug-likeness (QED) is 0.874. The average Bonchev–Trinajstić information content (AvgIpc) is 2.65. The van der Waals surface area contributed by atoms with Crippen LogP contribution in [0, 0.1) is 5.92 Å². The first-order valence-electron chi connectivity index (χ1n) is 5.68. The van der Waals surface area contributed by atoms with E-state index in [1.807, 2.05) is 25.2 Å². The van der Waals surface area contributed by atoms with Gasteiger partial charge in [-0.15, -0.1) is 24.2 Å². The Morgan fingerprint density at radius 3 is 2.89 bits per heavy atom. The number of benzene rings is 1. The number of hydrogen-bond donors (Lipinski definition) is 1. The Hall–Kier alpha value is -0.970. The van der Waals surface area contributed by atoms with E-state index >= 15 is 0 Å². The highest BCUT2D eigenvalue weighted by atomic mass is 35.5. The normalized spacial score (nSPS) is 18.6. The van der Waals surface area contributed by atoms with Gasteiger partial charge in [0, 0.05) is 36.2 Å². The Morgan fingerprint density at radius 2 is 2.17 bits per heavy atom. The van der Waals surface area contributed by atoms with Gasteiger partial charge in [0.25, 0.3) is 0 Å². The minimum Gasteiger partial charge on any atom is -0.338 e. The van der Waals surface area contributed by atoms with Gasteiger partial charge in [-0.3, -0.25) is 4.79 Å². The maximum absolute atomic E-state index is 12.4. The van der Waals surface area contributed by atoms with Gasteiger partial charge in [-0.25, -0.2) is 0 Å². The van der Waals surface area contributed by atoms with Crippen molar-refractivity contribution >= 4 is 40.9 Å². The van der Waals surface area contributed by atoms with Crippen LogP contribution >= 0.6 is 24.2 Å². The molecule has 18 heavy (non-hydrogen) atoms. The summed E-state index contributed by atoms with van der Waals surface area (Å²) in [4.78, 5) is 12.4. The number of hydrogen-bond acceptors (Lipinski definition) is 3. The molecule has 1 unspecified atom stereocenters. The summed E-state index contributed by atoms with van der Waals surface area (Å²) < 4.78 is 2.11. The van der Waals surface area contributed by atoms with E-state index in [4.69, 9.17) is 5.73 Å². The summed E-state index contributed by atoms with van der Waals surface area (Å²) in [6.45, 7) is 0.439. The van der Waals surface area contributed by atoms with Gasteiger partial charge < -0.3 is 10.3 Å². The summed E-state index contributed by atoms with van der Waals surface area (Å²) >= 11 is 1.74. The van der Waals surface area contributed by atoms with Crippen molar-refractivity contribution in [2.75, 3.05) is 12.3 Å². The van der Waals surface area contributed by atoms with Crippen LogP contribution in [0.3, 0.4) is 0 Å². The highest BCUT2D eigenvalue weighted by Gasteiger charge is 2.31. The zero-order valence-corrected chi connectivity index (χ0v) is 11.7. The highest BCUT2D eigenvalue weighted by molar-refractivity contribution is 7.99. The molecule has 3 rings (SSSR count). The van der Waals surface area contributed by atoms with Gasteiger partial charge in [0.05, 0.1) is 10.6 Å².